The molecule has 1 unspecified atom stereocenters. The van der Waals surface area contributed by atoms with Crippen LogP contribution < -0.4 is 10.6 Å². The summed E-state index contributed by atoms with van der Waals surface area (Å²) in [5, 5.41) is 6.08. The summed E-state index contributed by atoms with van der Waals surface area (Å²) >= 11 is 0. The Morgan fingerprint density at radius 1 is 1.00 bits per heavy atom. The van der Waals surface area contributed by atoms with Gasteiger partial charge in [-0.2, -0.15) is 0 Å². The summed E-state index contributed by atoms with van der Waals surface area (Å²) in [5.74, 6) is 0.133. The van der Waals surface area contributed by atoms with E-state index in [1.165, 1.54) is 5.56 Å². The Hall–Kier alpha value is -2.70. The van der Waals surface area contributed by atoms with E-state index < -0.39 is 0 Å². The molecule has 2 heterocycles. The first-order valence-electron chi connectivity index (χ1n) is 10.3. The number of fused-ring (bicyclic) bond motifs is 1. The Kier molecular flexibility index (Phi) is 6.22. The molecule has 29 heavy (non-hydrogen) atoms. The number of rotatable bonds is 5. The number of amides is 2. The number of benzene rings is 2. The van der Waals surface area contributed by atoms with Gasteiger partial charge in [-0.1, -0.05) is 48.5 Å². The van der Waals surface area contributed by atoms with Crippen molar-refractivity contribution in [2.24, 2.45) is 0 Å². The van der Waals surface area contributed by atoms with Crippen LogP contribution in [0.4, 0.5) is 5.69 Å². The lowest BCUT2D eigenvalue weighted by Crippen LogP contribution is -2.54. The Labute approximate surface area is 171 Å². The molecule has 2 amide bonds. The predicted molar refractivity (Wildman–Crippen MR) is 113 cm³/mol. The maximum absolute atomic E-state index is 12.7. The molecule has 0 saturated carbocycles. The molecule has 2 N–H and O–H groups in total. The Balaban J connectivity index is 1.24. The van der Waals surface area contributed by atoms with E-state index >= 15 is 0 Å². The van der Waals surface area contributed by atoms with Gasteiger partial charge in [0.2, 0.25) is 11.8 Å². The van der Waals surface area contributed by atoms with Gasteiger partial charge in [-0.15, -0.1) is 0 Å². The third-order valence-corrected chi connectivity index (χ3v) is 5.81. The summed E-state index contributed by atoms with van der Waals surface area (Å²) in [6, 6.07) is 17.9. The zero-order valence-electron chi connectivity index (χ0n) is 16.6. The number of para-hydroxylation sites is 1. The van der Waals surface area contributed by atoms with Gasteiger partial charge in [0.25, 0.3) is 0 Å². The fourth-order valence-corrected chi connectivity index (χ4v) is 4.14. The van der Waals surface area contributed by atoms with E-state index in [0.717, 1.165) is 50.3 Å². The van der Waals surface area contributed by atoms with E-state index in [1.807, 2.05) is 48.5 Å². The molecule has 1 saturated heterocycles. The largest absolute Gasteiger partial charge is 0.351 e. The second-order valence-electron chi connectivity index (χ2n) is 7.78. The molecule has 2 aromatic rings. The molecule has 2 aromatic carbocycles. The fourth-order valence-electron chi connectivity index (χ4n) is 4.14. The van der Waals surface area contributed by atoms with Crippen LogP contribution in [0.25, 0.3) is 0 Å². The number of nitrogens with one attached hydrogen (secondary N) is 2. The maximum Gasteiger partial charge on any atom is 0.241 e. The lowest BCUT2D eigenvalue weighted by Gasteiger charge is -2.37. The van der Waals surface area contributed by atoms with E-state index in [4.69, 9.17) is 0 Å². The topological polar surface area (TPSA) is 64.7 Å². The standard InChI is InChI=1S/C23H28N4O2/c28-22(24-16-18-6-2-1-3-7-18)17-26-12-14-27(15-13-26)21-11-10-19-8-4-5-9-20(19)25-23(21)29/h1-9,21H,10-17H2,(H,24,28)(H,25,29). The summed E-state index contributed by atoms with van der Waals surface area (Å²) in [6.07, 6.45) is 1.74. The Morgan fingerprint density at radius 3 is 2.52 bits per heavy atom. The summed E-state index contributed by atoms with van der Waals surface area (Å²) in [5.41, 5.74) is 3.25. The monoisotopic (exact) mass is 392 g/mol. The van der Waals surface area contributed by atoms with Gasteiger partial charge in [0.1, 0.15) is 0 Å². The second kappa shape index (κ2) is 9.20. The maximum atomic E-state index is 12.7. The predicted octanol–water partition coefficient (Wildman–Crippen LogP) is 1.87. The van der Waals surface area contributed by atoms with Gasteiger partial charge in [-0.25, -0.2) is 0 Å². The van der Waals surface area contributed by atoms with E-state index in [2.05, 4.69) is 26.5 Å². The van der Waals surface area contributed by atoms with Gasteiger partial charge >= 0.3 is 0 Å². The molecule has 0 spiro atoms. The highest BCUT2D eigenvalue weighted by molar-refractivity contribution is 5.96. The number of nitrogens with zero attached hydrogens (tertiary/aromatic N) is 2. The van der Waals surface area contributed by atoms with Crippen molar-refractivity contribution in [3.05, 3.63) is 65.7 Å². The van der Waals surface area contributed by atoms with Crippen molar-refractivity contribution in [1.29, 1.82) is 0 Å². The number of carbonyl (C=O) groups excluding carboxylic acids is 2. The lowest BCUT2D eigenvalue weighted by molar-refractivity contribution is -0.125. The van der Waals surface area contributed by atoms with Crippen LogP contribution in [0.1, 0.15) is 17.5 Å². The summed E-state index contributed by atoms with van der Waals surface area (Å²) in [4.78, 5) is 29.4. The molecule has 1 atom stereocenters. The van der Waals surface area contributed by atoms with Gasteiger partial charge < -0.3 is 10.6 Å². The molecule has 1 fully saturated rings. The van der Waals surface area contributed by atoms with E-state index in [0.29, 0.717) is 13.1 Å². The van der Waals surface area contributed by atoms with Crippen molar-refractivity contribution in [2.45, 2.75) is 25.4 Å². The third-order valence-electron chi connectivity index (χ3n) is 5.81. The molecule has 2 aliphatic heterocycles. The van der Waals surface area contributed by atoms with Gasteiger partial charge in [-0.3, -0.25) is 19.4 Å². The zero-order valence-corrected chi connectivity index (χ0v) is 16.6. The number of anilines is 1. The molecule has 0 bridgehead atoms. The van der Waals surface area contributed by atoms with Crippen molar-refractivity contribution in [3.63, 3.8) is 0 Å². The molecule has 152 valence electrons. The summed E-state index contributed by atoms with van der Waals surface area (Å²) < 4.78 is 0. The molecule has 0 aromatic heterocycles. The van der Waals surface area contributed by atoms with Crippen molar-refractivity contribution in [3.8, 4) is 0 Å². The van der Waals surface area contributed by atoms with Gasteiger partial charge in [0.15, 0.2) is 0 Å². The number of hydrogen-bond donors (Lipinski definition) is 2. The van der Waals surface area contributed by atoms with Crippen molar-refractivity contribution < 1.29 is 9.59 Å². The minimum atomic E-state index is -0.101. The van der Waals surface area contributed by atoms with E-state index in [9.17, 15) is 9.59 Å². The van der Waals surface area contributed by atoms with Crippen LogP contribution in [-0.4, -0.2) is 60.4 Å². The molecule has 6 nitrogen and oxygen atoms in total. The van der Waals surface area contributed by atoms with Gasteiger partial charge in [0.05, 0.1) is 12.6 Å². The first kappa shape index (κ1) is 19.6. The smallest absolute Gasteiger partial charge is 0.241 e. The van der Waals surface area contributed by atoms with Crippen LogP contribution in [0.15, 0.2) is 54.6 Å². The molecular formula is C23H28N4O2. The minimum absolute atomic E-state index is 0.0463. The molecule has 6 heteroatoms. The first-order valence-corrected chi connectivity index (χ1v) is 10.3. The Morgan fingerprint density at radius 2 is 1.72 bits per heavy atom. The highest BCUT2D eigenvalue weighted by atomic mass is 16.2. The summed E-state index contributed by atoms with van der Waals surface area (Å²) in [7, 11) is 0. The van der Waals surface area contributed by atoms with Crippen LogP contribution in [0.5, 0.6) is 0 Å². The summed E-state index contributed by atoms with van der Waals surface area (Å²) in [6.45, 7) is 4.18. The minimum Gasteiger partial charge on any atom is -0.351 e. The normalized spacial score (nSPS) is 20.4. The van der Waals surface area contributed by atoms with Crippen molar-refractivity contribution in [1.82, 2.24) is 15.1 Å². The fraction of sp³-hybridized carbons (Fsp3) is 0.391. The average molecular weight is 393 g/mol. The quantitative estimate of drug-likeness (QED) is 0.816. The SMILES string of the molecule is O=C(CN1CCN(C2CCc3ccccc3NC2=O)CC1)NCc1ccccc1. The van der Waals surface area contributed by atoms with Crippen LogP contribution >= 0.6 is 0 Å². The number of piperazine rings is 1. The van der Waals surface area contributed by atoms with Crippen LogP contribution in [0, 0.1) is 0 Å². The molecule has 0 aliphatic carbocycles. The van der Waals surface area contributed by atoms with E-state index in [1.54, 1.807) is 0 Å². The van der Waals surface area contributed by atoms with Gasteiger partial charge in [-0.05, 0) is 30.0 Å². The van der Waals surface area contributed by atoms with Crippen molar-refractivity contribution in [2.75, 3.05) is 38.0 Å². The Bertz CT molecular complexity index is 847. The van der Waals surface area contributed by atoms with E-state index in [-0.39, 0.29) is 17.9 Å². The van der Waals surface area contributed by atoms with Crippen LogP contribution in [0.2, 0.25) is 0 Å². The highest BCUT2D eigenvalue weighted by Gasteiger charge is 2.31. The van der Waals surface area contributed by atoms with Crippen LogP contribution in [0.3, 0.4) is 0 Å². The zero-order chi connectivity index (χ0) is 20.1. The number of carbonyl (C=O) groups is 2. The molecule has 4 rings (SSSR count). The lowest BCUT2D eigenvalue weighted by atomic mass is 10.0. The van der Waals surface area contributed by atoms with Crippen LogP contribution in [-0.2, 0) is 22.6 Å². The van der Waals surface area contributed by atoms with Gasteiger partial charge in [0, 0.05) is 38.4 Å². The number of hydrogen-bond acceptors (Lipinski definition) is 4. The second-order valence-corrected chi connectivity index (χ2v) is 7.78. The number of aryl methyl sites for hydroxylation is 1. The highest BCUT2D eigenvalue weighted by Crippen LogP contribution is 2.24. The molecular weight excluding hydrogens is 364 g/mol. The molecule has 0 radical (unpaired) electrons. The first-order chi connectivity index (χ1) is 14.2. The molecule has 2 aliphatic rings. The average Bonchev–Trinajstić information content (AvgIpc) is 2.92. The van der Waals surface area contributed by atoms with Crippen molar-refractivity contribution >= 4 is 17.5 Å². The third kappa shape index (κ3) is 5.02.